The zero-order valence-electron chi connectivity index (χ0n) is 8.91. The van der Waals surface area contributed by atoms with E-state index in [0.717, 1.165) is 24.2 Å². The zero-order chi connectivity index (χ0) is 10.8. The number of carbonyl (C=O) groups excluding carboxylic acids is 1. The second-order valence-electron chi connectivity index (χ2n) is 3.73. The number of carbonyl (C=O) groups is 1. The lowest BCUT2D eigenvalue weighted by Crippen LogP contribution is -2.19. The number of aromatic nitrogens is 1. The largest absolute Gasteiger partial charge is 0.489 e. The molecule has 1 aliphatic carbocycles. The molecule has 4 nitrogen and oxygen atoms in total. The average Bonchev–Trinajstić information content (AvgIpc) is 3.04. The van der Waals surface area contributed by atoms with E-state index in [1.807, 2.05) is 6.92 Å². The minimum Gasteiger partial charge on any atom is -0.489 e. The van der Waals surface area contributed by atoms with Crippen molar-refractivity contribution in [3.8, 4) is 5.75 Å². The molecule has 0 unspecified atom stereocenters. The van der Waals surface area contributed by atoms with Crippen molar-refractivity contribution in [2.45, 2.75) is 25.9 Å². The summed E-state index contributed by atoms with van der Waals surface area (Å²) < 4.78 is 5.63. The smallest absolute Gasteiger partial charge is 0.269 e. The van der Waals surface area contributed by atoms with Gasteiger partial charge in [-0.2, -0.15) is 0 Å². The van der Waals surface area contributed by atoms with Crippen LogP contribution < -0.4 is 10.1 Å². The second kappa shape index (κ2) is 3.88. The summed E-state index contributed by atoms with van der Waals surface area (Å²) in [5.74, 6) is 0.612. The number of hydrogen-bond donors (Lipinski definition) is 1. The normalized spacial score (nSPS) is 14.8. The summed E-state index contributed by atoms with van der Waals surface area (Å²) >= 11 is 0. The third kappa shape index (κ3) is 2.26. The molecule has 1 saturated carbocycles. The van der Waals surface area contributed by atoms with Crippen LogP contribution in [0.2, 0.25) is 0 Å². The van der Waals surface area contributed by atoms with Gasteiger partial charge in [-0.05, 0) is 31.4 Å². The van der Waals surface area contributed by atoms with Crippen molar-refractivity contribution in [1.82, 2.24) is 10.3 Å². The quantitative estimate of drug-likeness (QED) is 0.810. The Hall–Kier alpha value is -1.58. The minimum atomic E-state index is -0.170. The Morgan fingerprint density at radius 3 is 2.87 bits per heavy atom. The number of aryl methyl sites for hydroxylation is 1. The molecule has 15 heavy (non-hydrogen) atoms. The monoisotopic (exact) mass is 206 g/mol. The van der Waals surface area contributed by atoms with Gasteiger partial charge >= 0.3 is 0 Å². The van der Waals surface area contributed by atoms with E-state index in [1.165, 1.54) is 0 Å². The van der Waals surface area contributed by atoms with E-state index in [0.29, 0.717) is 11.8 Å². The van der Waals surface area contributed by atoms with Crippen LogP contribution in [0.15, 0.2) is 12.3 Å². The first-order chi connectivity index (χ1) is 7.20. The lowest BCUT2D eigenvalue weighted by atomic mass is 10.2. The predicted molar refractivity (Wildman–Crippen MR) is 56.0 cm³/mol. The van der Waals surface area contributed by atoms with Gasteiger partial charge in [-0.1, -0.05) is 0 Å². The van der Waals surface area contributed by atoms with Crippen LogP contribution in [0.4, 0.5) is 0 Å². The topological polar surface area (TPSA) is 51.2 Å². The maximum absolute atomic E-state index is 11.3. The van der Waals surface area contributed by atoms with Gasteiger partial charge in [0.2, 0.25) is 0 Å². The van der Waals surface area contributed by atoms with Crippen molar-refractivity contribution < 1.29 is 9.53 Å². The Morgan fingerprint density at radius 2 is 2.33 bits per heavy atom. The molecule has 80 valence electrons. The van der Waals surface area contributed by atoms with E-state index in [1.54, 1.807) is 19.3 Å². The van der Waals surface area contributed by atoms with Gasteiger partial charge < -0.3 is 10.1 Å². The second-order valence-corrected chi connectivity index (χ2v) is 3.73. The summed E-state index contributed by atoms with van der Waals surface area (Å²) in [6.07, 6.45) is 4.22. The molecular formula is C11H14N2O2. The van der Waals surface area contributed by atoms with Gasteiger partial charge in [0.15, 0.2) is 0 Å². The van der Waals surface area contributed by atoms with Crippen molar-refractivity contribution in [3.63, 3.8) is 0 Å². The Balaban J connectivity index is 2.17. The molecular weight excluding hydrogens is 192 g/mol. The number of amides is 1. The number of pyridine rings is 1. The van der Waals surface area contributed by atoms with Crippen LogP contribution in [0.5, 0.6) is 5.75 Å². The molecule has 0 atom stereocenters. The molecule has 0 aromatic carbocycles. The van der Waals surface area contributed by atoms with Crippen molar-refractivity contribution in [3.05, 3.63) is 23.5 Å². The molecule has 1 N–H and O–H groups in total. The molecule has 1 aliphatic rings. The van der Waals surface area contributed by atoms with E-state index >= 15 is 0 Å². The number of nitrogens with zero attached hydrogens (tertiary/aromatic N) is 1. The van der Waals surface area contributed by atoms with E-state index < -0.39 is 0 Å². The predicted octanol–water partition coefficient (Wildman–Crippen LogP) is 1.29. The molecule has 0 saturated heterocycles. The lowest BCUT2D eigenvalue weighted by molar-refractivity contribution is 0.0958. The number of hydrogen-bond acceptors (Lipinski definition) is 3. The van der Waals surface area contributed by atoms with E-state index in [2.05, 4.69) is 10.3 Å². The maximum Gasteiger partial charge on any atom is 0.269 e. The summed E-state index contributed by atoms with van der Waals surface area (Å²) in [6.45, 7) is 1.92. The summed E-state index contributed by atoms with van der Waals surface area (Å²) in [7, 11) is 1.59. The van der Waals surface area contributed by atoms with Gasteiger partial charge in [0.1, 0.15) is 11.4 Å². The maximum atomic E-state index is 11.3. The first kappa shape index (κ1) is 9.96. The molecule has 1 aromatic rings. The summed E-state index contributed by atoms with van der Waals surface area (Å²) in [5, 5.41) is 2.54. The highest BCUT2D eigenvalue weighted by atomic mass is 16.5. The molecule has 4 heteroatoms. The third-order valence-corrected chi connectivity index (χ3v) is 2.34. The van der Waals surface area contributed by atoms with Crippen LogP contribution in [-0.4, -0.2) is 24.0 Å². The fourth-order valence-electron chi connectivity index (χ4n) is 1.28. The number of rotatable bonds is 3. The van der Waals surface area contributed by atoms with Gasteiger partial charge in [0.05, 0.1) is 12.3 Å². The molecule has 1 aromatic heterocycles. The number of nitrogens with one attached hydrogen (secondary N) is 1. The van der Waals surface area contributed by atoms with Crippen molar-refractivity contribution in [2.24, 2.45) is 0 Å². The summed E-state index contributed by atoms with van der Waals surface area (Å²) in [6, 6.07) is 1.75. The van der Waals surface area contributed by atoms with E-state index in [-0.39, 0.29) is 5.91 Å². The highest BCUT2D eigenvalue weighted by molar-refractivity contribution is 5.92. The van der Waals surface area contributed by atoms with Crippen LogP contribution in [0.1, 0.15) is 28.9 Å². The van der Waals surface area contributed by atoms with Crippen LogP contribution in [0, 0.1) is 6.92 Å². The van der Waals surface area contributed by atoms with Crippen molar-refractivity contribution in [1.29, 1.82) is 0 Å². The Morgan fingerprint density at radius 1 is 1.60 bits per heavy atom. The molecule has 1 amide bonds. The summed E-state index contributed by atoms with van der Waals surface area (Å²) in [5.41, 5.74) is 1.38. The molecule has 2 rings (SSSR count). The van der Waals surface area contributed by atoms with Gasteiger partial charge in [-0.3, -0.25) is 4.79 Å². The first-order valence-electron chi connectivity index (χ1n) is 5.06. The number of ether oxygens (including phenoxy) is 1. The van der Waals surface area contributed by atoms with Crippen molar-refractivity contribution in [2.75, 3.05) is 7.05 Å². The van der Waals surface area contributed by atoms with Gasteiger partial charge in [-0.15, -0.1) is 0 Å². The fraction of sp³-hybridized carbons (Fsp3) is 0.455. The first-order valence-corrected chi connectivity index (χ1v) is 5.06. The summed E-state index contributed by atoms with van der Waals surface area (Å²) in [4.78, 5) is 15.4. The SMILES string of the molecule is CNC(=O)c1cc(C)c(OC2CC2)cn1. The molecule has 0 bridgehead atoms. The third-order valence-electron chi connectivity index (χ3n) is 2.34. The molecule has 0 aliphatic heterocycles. The fourth-order valence-corrected chi connectivity index (χ4v) is 1.28. The molecule has 0 spiro atoms. The van der Waals surface area contributed by atoms with Crippen LogP contribution >= 0.6 is 0 Å². The average molecular weight is 206 g/mol. The van der Waals surface area contributed by atoms with Gasteiger partial charge in [-0.25, -0.2) is 4.98 Å². The van der Waals surface area contributed by atoms with Crippen molar-refractivity contribution >= 4 is 5.91 Å². The Kier molecular flexibility index (Phi) is 2.58. The Labute approximate surface area is 88.7 Å². The van der Waals surface area contributed by atoms with Gasteiger partial charge in [0, 0.05) is 7.05 Å². The van der Waals surface area contributed by atoms with E-state index in [9.17, 15) is 4.79 Å². The standard InChI is InChI=1S/C11H14N2O2/c1-7-5-9(11(14)12-2)13-6-10(7)15-8-3-4-8/h5-6,8H,3-4H2,1-2H3,(H,12,14). The van der Waals surface area contributed by atoms with Crippen LogP contribution in [-0.2, 0) is 0 Å². The van der Waals surface area contributed by atoms with E-state index in [4.69, 9.17) is 4.74 Å². The highest BCUT2D eigenvalue weighted by Crippen LogP contribution is 2.28. The molecule has 1 fully saturated rings. The molecule has 0 radical (unpaired) electrons. The Bertz CT molecular complexity index is 386. The molecule has 1 heterocycles. The highest BCUT2D eigenvalue weighted by Gasteiger charge is 2.24. The zero-order valence-corrected chi connectivity index (χ0v) is 8.91. The lowest BCUT2D eigenvalue weighted by Gasteiger charge is -2.08. The van der Waals surface area contributed by atoms with Crippen LogP contribution in [0.25, 0.3) is 0 Å². The van der Waals surface area contributed by atoms with Crippen LogP contribution in [0.3, 0.4) is 0 Å². The van der Waals surface area contributed by atoms with Gasteiger partial charge in [0.25, 0.3) is 5.91 Å². The minimum absolute atomic E-state index is 0.170.